The Morgan fingerprint density at radius 3 is 1.57 bits per heavy atom. The Hall–Kier alpha value is -1.52. The van der Waals surface area contributed by atoms with E-state index in [9.17, 15) is 0 Å². The molecule has 4 heteroatoms. The van der Waals surface area contributed by atoms with Gasteiger partial charge < -0.3 is 10.6 Å². The molecule has 0 aliphatic carbocycles. The van der Waals surface area contributed by atoms with Crippen molar-refractivity contribution in [2.75, 3.05) is 0 Å². The van der Waals surface area contributed by atoms with Crippen LogP contribution in [0.4, 0.5) is 0 Å². The van der Waals surface area contributed by atoms with Crippen LogP contribution in [-0.4, -0.2) is 22.1 Å². The highest BCUT2D eigenvalue weighted by molar-refractivity contribution is 5.25. The van der Waals surface area contributed by atoms with Gasteiger partial charge in [-0.2, -0.15) is 0 Å². The van der Waals surface area contributed by atoms with Gasteiger partial charge in [-0.05, 0) is 38.5 Å². The Kier molecular flexibility index (Phi) is 8.69. The Labute approximate surface area is 171 Å². The summed E-state index contributed by atoms with van der Waals surface area (Å²) in [6.07, 6.45) is 18.6. The van der Waals surface area contributed by atoms with E-state index < -0.39 is 0 Å². The third-order valence-electron chi connectivity index (χ3n) is 6.12. The molecule has 2 atom stereocenters. The van der Waals surface area contributed by atoms with E-state index in [0.717, 1.165) is 38.8 Å². The number of aromatic nitrogens is 2. The number of nitrogens with one attached hydrogen (secondary N) is 2. The molecule has 0 saturated carbocycles. The first kappa shape index (κ1) is 21.2. The van der Waals surface area contributed by atoms with Crippen molar-refractivity contribution in [1.82, 2.24) is 20.6 Å². The van der Waals surface area contributed by atoms with E-state index in [1.807, 2.05) is 12.2 Å². The highest BCUT2D eigenvalue weighted by Gasteiger charge is 2.25. The molecule has 0 saturated heterocycles. The van der Waals surface area contributed by atoms with E-state index in [4.69, 9.17) is 9.97 Å². The fraction of sp³-hybridized carbons (Fsp3) is 0.667. The lowest BCUT2D eigenvalue weighted by molar-refractivity contribution is 0.400. The average molecular weight is 383 g/mol. The molecule has 0 amide bonds. The normalized spacial score (nSPS) is 21.0. The van der Waals surface area contributed by atoms with Gasteiger partial charge in [0.1, 0.15) is 0 Å². The molecule has 2 N–H and O–H groups in total. The van der Waals surface area contributed by atoms with Gasteiger partial charge in [-0.15, -0.1) is 13.2 Å². The van der Waals surface area contributed by atoms with Crippen LogP contribution in [0.2, 0.25) is 0 Å². The van der Waals surface area contributed by atoms with Gasteiger partial charge in [0, 0.05) is 38.0 Å². The number of hydrogen-bond acceptors (Lipinski definition) is 4. The van der Waals surface area contributed by atoms with Crippen molar-refractivity contribution in [2.45, 2.75) is 102 Å². The Balaban J connectivity index is 1.47. The molecule has 0 radical (unpaired) electrons. The van der Waals surface area contributed by atoms with Crippen LogP contribution in [0.5, 0.6) is 0 Å². The van der Waals surface area contributed by atoms with Crippen molar-refractivity contribution in [1.29, 1.82) is 0 Å². The van der Waals surface area contributed by atoms with Crippen LogP contribution in [0.3, 0.4) is 0 Å². The standard InChI is InChI=1S/C24H38N4/c1-3-5-7-9-11-13-19-15-21-23(17-25-19)28-22-16-20(26-18-24(22)27-21)14-12-10-8-6-4-2/h3-4,19-20,25-26H,1-2,5-18H2. The molecule has 3 rings (SSSR count). The maximum atomic E-state index is 5.03. The van der Waals surface area contributed by atoms with Gasteiger partial charge in [-0.25, -0.2) is 0 Å². The average Bonchev–Trinajstić information content (AvgIpc) is 2.72. The number of rotatable bonds is 12. The number of fused-ring (bicyclic) bond motifs is 2. The third-order valence-corrected chi connectivity index (χ3v) is 6.12. The summed E-state index contributed by atoms with van der Waals surface area (Å²) in [6, 6.07) is 1.12. The van der Waals surface area contributed by atoms with Crippen LogP contribution in [-0.2, 0) is 25.9 Å². The van der Waals surface area contributed by atoms with E-state index in [0.29, 0.717) is 12.1 Å². The molecule has 2 unspecified atom stereocenters. The van der Waals surface area contributed by atoms with Crippen molar-refractivity contribution >= 4 is 0 Å². The van der Waals surface area contributed by atoms with Crippen molar-refractivity contribution in [3.05, 3.63) is 48.1 Å². The first-order valence-electron chi connectivity index (χ1n) is 11.4. The summed E-state index contributed by atoms with van der Waals surface area (Å²) in [7, 11) is 0. The predicted octanol–water partition coefficient (Wildman–Crippen LogP) is 4.78. The van der Waals surface area contributed by atoms with E-state index in [-0.39, 0.29) is 0 Å². The Morgan fingerprint density at radius 2 is 1.14 bits per heavy atom. The Bertz CT molecular complexity index is 584. The molecule has 2 aliphatic rings. The topological polar surface area (TPSA) is 49.8 Å². The van der Waals surface area contributed by atoms with Crippen LogP contribution in [0.1, 0.15) is 87.0 Å². The maximum Gasteiger partial charge on any atom is 0.0760 e. The highest BCUT2D eigenvalue weighted by Crippen LogP contribution is 2.22. The molecule has 154 valence electrons. The summed E-state index contributed by atoms with van der Waals surface area (Å²) >= 11 is 0. The van der Waals surface area contributed by atoms with Crippen LogP contribution in [0.15, 0.2) is 25.3 Å². The van der Waals surface area contributed by atoms with Crippen LogP contribution in [0.25, 0.3) is 0 Å². The van der Waals surface area contributed by atoms with Crippen molar-refractivity contribution < 1.29 is 0 Å². The lowest BCUT2D eigenvalue weighted by Crippen LogP contribution is -2.40. The quantitative estimate of drug-likeness (QED) is 0.403. The van der Waals surface area contributed by atoms with E-state index >= 15 is 0 Å². The maximum absolute atomic E-state index is 5.03. The van der Waals surface area contributed by atoms with Crippen LogP contribution >= 0.6 is 0 Å². The molecule has 1 aromatic heterocycles. The zero-order valence-corrected chi connectivity index (χ0v) is 17.5. The van der Waals surface area contributed by atoms with Crippen molar-refractivity contribution in [3.8, 4) is 0 Å². The third kappa shape index (κ3) is 6.25. The van der Waals surface area contributed by atoms with Gasteiger partial charge in [-0.3, -0.25) is 9.97 Å². The zero-order chi connectivity index (χ0) is 19.6. The lowest BCUT2D eigenvalue weighted by Gasteiger charge is -2.29. The van der Waals surface area contributed by atoms with Gasteiger partial charge in [0.2, 0.25) is 0 Å². The van der Waals surface area contributed by atoms with Crippen LogP contribution < -0.4 is 10.6 Å². The van der Waals surface area contributed by atoms with Crippen LogP contribution in [0, 0.1) is 0 Å². The monoisotopic (exact) mass is 382 g/mol. The largest absolute Gasteiger partial charge is 0.308 e. The van der Waals surface area contributed by atoms with Gasteiger partial charge in [0.05, 0.1) is 22.8 Å². The minimum absolute atomic E-state index is 0.559. The smallest absolute Gasteiger partial charge is 0.0760 e. The molecule has 3 heterocycles. The molecule has 1 aromatic rings. The molecule has 0 fully saturated rings. The molecule has 0 spiro atoms. The summed E-state index contributed by atoms with van der Waals surface area (Å²) in [5.41, 5.74) is 4.85. The van der Waals surface area contributed by atoms with Gasteiger partial charge in [0.15, 0.2) is 0 Å². The first-order valence-corrected chi connectivity index (χ1v) is 11.4. The number of nitrogens with zero attached hydrogens (tertiary/aromatic N) is 2. The molecule has 0 bridgehead atoms. The van der Waals surface area contributed by atoms with Gasteiger partial charge >= 0.3 is 0 Å². The minimum Gasteiger partial charge on any atom is -0.308 e. The summed E-state index contributed by atoms with van der Waals surface area (Å²) in [4.78, 5) is 10.1. The predicted molar refractivity (Wildman–Crippen MR) is 117 cm³/mol. The summed E-state index contributed by atoms with van der Waals surface area (Å²) in [6.45, 7) is 9.37. The second kappa shape index (κ2) is 11.5. The zero-order valence-electron chi connectivity index (χ0n) is 17.5. The van der Waals surface area contributed by atoms with E-state index in [1.54, 1.807) is 0 Å². The second-order valence-electron chi connectivity index (χ2n) is 8.43. The van der Waals surface area contributed by atoms with E-state index in [2.05, 4.69) is 23.8 Å². The summed E-state index contributed by atoms with van der Waals surface area (Å²) < 4.78 is 0. The van der Waals surface area contributed by atoms with E-state index in [1.165, 1.54) is 74.1 Å². The molecular formula is C24H38N4. The van der Waals surface area contributed by atoms with Gasteiger partial charge in [0.25, 0.3) is 0 Å². The number of hydrogen-bond donors (Lipinski definition) is 2. The SMILES string of the molecule is C=CCCCCCC1Cc2nc3c(nc2CN1)CC(CCCCCC=C)NC3. The molecule has 2 aliphatic heterocycles. The summed E-state index contributed by atoms with van der Waals surface area (Å²) in [5.74, 6) is 0. The molecule has 0 aromatic carbocycles. The number of allylic oxidation sites excluding steroid dienone is 2. The Morgan fingerprint density at radius 1 is 0.679 bits per heavy atom. The summed E-state index contributed by atoms with van der Waals surface area (Å²) in [5, 5.41) is 7.38. The molecule has 28 heavy (non-hydrogen) atoms. The second-order valence-corrected chi connectivity index (χ2v) is 8.43. The first-order chi connectivity index (χ1) is 13.8. The van der Waals surface area contributed by atoms with Crippen molar-refractivity contribution in [3.63, 3.8) is 0 Å². The number of unbranched alkanes of at least 4 members (excludes halogenated alkanes) is 6. The fourth-order valence-electron chi connectivity index (χ4n) is 4.41. The highest BCUT2D eigenvalue weighted by atomic mass is 15.0. The molecule has 4 nitrogen and oxygen atoms in total. The minimum atomic E-state index is 0.559. The van der Waals surface area contributed by atoms with Crippen molar-refractivity contribution in [2.24, 2.45) is 0 Å². The molecular weight excluding hydrogens is 344 g/mol. The van der Waals surface area contributed by atoms with Gasteiger partial charge in [-0.1, -0.05) is 37.8 Å². The fourth-order valence-corrected chi connectivity index (χ4v) is 4.41. The lowest BCUT2D eigenvalue weighted by atomic mass is 9.96.